The van der Waals surface area contributed by atoms with Crippen molar-refractivity contribution in [1.29, 1.82) is 0 Å². The van der Waals surface area contributed by atoms with Crippen LogP contribution in [0, 0.1) is 11.3 Å². The highest BCUT2D eigenvalue weighted by Gasteiger charge is 2.26. The van der Waals surface area contributed by atoms with E-state index in [0.29, 0.717) is 12.5 Å². The molecule has 0 rings (SSSR count). The quantitative estimate of drug-likeness (QED) is 0.652. The third-order valence-electron chi connectivity index (χ3n) is 2.86. The SMILES string of the molecule is CCCCC(C)(CO)C(C)C. The molecule has 0 aromatic carbocycles. The maximum Gasteiger partial charge on any atom is 0.0487 e. The summed E-state index contributed by atoms with van der Waals surface area (Å²) < 4.78 is 0. The number of rotatable bonds is 5. The molecular weight excluding hydrogens is 136 g/mol. The van der Waals surface area contributed by atoms with Crippen molar-refractivity contribution >= 4 is 0 Å². The van der Waals surface area contributed by atoms with Crippen LogP contribution >= 0.6 is 0 Å². The third kappa shape index (κ3) is 3.24. The minimum Gasteiger partial charge on any atom is -0.396 e. The second kappa shape index (κ2) is 4.76. The third-order valence-corrected chi connectivity index (χ3v) is 2.86. The van der Waals surface area contributed by atoms with Crippen LogP contribution < -0.4 is 0 Å². The Hall–Kier alpha value is -0.0400. The fraction of sp³-hybridized carbons (Fsp3) is 1.00. The summed E-state index contributed by atoms with van der Waals surface area (Å²) in [5.74, 6) is 0.582. The lowest BCUT2D eigenvalue weighted by Gasteiger charge is -2.31. The van der Waals surface area contributed by atoms with E-state index in [0.717, 1.165) is 6.42 Å². The summed E-state index contributed by atoms with van der Waals surface area (Å²) in [5, 5.41) is 9.18. The van der Waals surface area contributed by atoms with Crippen molar-refractivity contribution in [2.75, 3.05) is 6.61 Å². The van der Waals surface area contributed by atoms with Gasteiger partial charge in [0.15, 0.2) is 0 Å². The highest BCUT2D eigenvalue weighted by Crippen LogP contribution is 2.31. The first kappa shape index (κ1) is 11.0. The van der Waals surface area contributed by atoms with E-state index in [2.05, 4.69) is 27.7 Å². The van der Waals surface area contributed by atoms with Crippen LogP contribution in [0.4, 0.5) is 0 Å². The Morgan fingerprint density at radius 2 is 1.91 bits per heavy atom. The Labute approximate surface area is 70.8 Å². The maximum atomic E-state index is 9.18. The van der Waals surface area contributed by atoms with E-state index in [4.69, 9.17) is 0 Å². The molecule has 1 nitrogen and oxygen atoms in total. The number of aliphatic hydroxyl groups excluding tert-OH is 1. The summed E-state index contributed by atoms with van der Waals surface area (Å²) in [5.41, 5.74) is 0.149. The van der Waals surface area contributed by atoms with Gasteiger partial charge in [0.1, 0.15) is 0 Å². The van der Waals surface area contributed by atoms with Gasteiger partial charge in [-0.05, 0) is 17.8 Å². The van der Waals surface area contributed by atoms with Crippen molar-refractivity contribution in [3.05, 3.63) is 0 Å². The molecule has 0 saturated carbocycles. The van der Waals surface area contributed by atoms with Crippen LogP contribution in [0.2, 0.25) is 0 Å². The average molecular weight is 158 g/mol. The van der Waals surface area contributed by atoms with Crippen molar-refractivity contribution in [3.63, 3.8) is 0 Å². The van der Waals surface area contributed by atoms with E-state index in [1.807, 2.05) is 0 Å². The van der Waals surface area contributed by atoms with Gasteiger partial charge in [-0.3, -0.25) is 0 Å². The van der Waals surface area contributed by atoms with Crippen LogP contribution in [0.5, 0.6) is 0 Å². The lowest BCUT2D eigenvalue weighted by Crippen LogP contribution is -2.27. The molecule has 0 aromatic heterocycles. The van der Waals surface area contributed by atoms with E-state index < -0.39 is 0 Å². The number of hydrogen-bond donors (Lipinski definition) is 1. The second-order valence-electron chi connectivity index (χ2n) is 4.07. The van der Waals surface area contributed by atoms with Crippen LogP contribution in [-0.4, -0.2) is 11.7 Å². The molecule has 0 radical (unpaired) electrons. The van der Waals surface area contributed by atoms with E-state index in [9.17, 15) is 5.11 Å². The Bertz CT molecular complexity index is 99.0. The van der Waals surface area contributed by atoms with Gasteiger partial charge in [-0.25, -0.2) is 0 Å². The summed E-state index contributed by atoms with van der Waals surface area (Å²) >= 11 is 0. The molecular formula is C10H22O. The number of aliphatic hydroxyl groups is 1. The fourth-order valence-electron chi connectivity index (χ4n) is 1.13. The molecule has 68 valence electrons. The molecule has 1 atom stereocenters. The molecule has 0 aliphatic heterocycles. The summed E-state index contributed by atoms with van der Waals surface area (Å²) in [7, 11) is 0. The van der Waals surface area contributed by atoms with Crippen LogP contribution in [0.15, 0.2) is 0 Å². The number of hydrogen-bond acceptors (Lipinski definition) is 1. The van der Waals surface area contributed by atoms with Crippen molar-refractivity contribution < 1.29 is 5.11 Å². The Morgan fingerprint density at radius 1 is 1.36 bits per heavy atom. The van der Waals surface area contributed by atoms with Gasteiger partial charge in [0.25, 0.3) is 0 Å². The molecule has 0 saturated heterocycles. The van der Waals surface area contributed by atoms with Crippen LogP contribution in [0.3, 0.4) is 0 Å². The van der Waals surface area contributed by atoms with Gasteiger partial charge in [-0.2, -0.15) is 0 Å². The molecule has 0 aliphatic rings. The van der Waals surface area contributed by atoms with E-state index in [-0.39, 0.29) is 5.41 Å². The van der Waals surface area contributed by atoms with Crippen LogP contribution in [-0.2, 0) is 0 Å². The molecule has 0 fully saturated rings. The normalized spacial score (nSPS) is 16.9. The molecule has 0 aromatic rings. The first-order chi connectivity index (χ1) is 5.06. The highest BCUT2D eigenvalue weighted by atomic mass is 16.3. The zero-order valence-electron chi connectivity index (χ0n) is 8.35. The molecule has 1 unspecified atom stereocenters. The first-order valence-corrected chi connectivity index (χ1v) is 4.67. The predicted octanol–water partition coefficient (Wildman–Crippen LogP) is 2.83. The first-order valence-electron chi connectivity index (χ1n) is 4.67. The molecule has 0 amide bonds. The Morgan fingerprint density at radius 3 is 2.18 bits per heavy atom. The van der Waals surface area contributed by atoms with Crippen LogP contribution in [0.1, 0.15) is 47.0 Å². The van der Waals surface area contributed by atoms with Gasteiger partial charge in [0.2, 0.25) is 0 Å². The van der Waals surface area contributed by atoms with Gasteiger partial charge in [-0.15, -0.1) is 0 Å². The smallest absolute Gasteiger partial charge is 0.0487 e. The topological polar surface area (TPSA) is 20.2 Å². The molecule has 0 spiro atoms. The highest BCUT2D eigenvalue weighted by molar-refractivity contribution is 4.76. The van der Waals surface area contributed by atoms with Crippen molar-refractivity contribution in [3.8, 4) is 0 Å². The fourth-order valence-corrected chi connectivity index (χ4v) is 1.13. The molecule has 1 N–H and O–H groups in total. The monoisotopic (exact) mass is 158 g/mol. The van der Waals surface area contributed by atoms with Crippen molar-refractivity contribution in [2.45, 2.75) is 47.0 Å². The largest absolute Gasteiger partial charge is 0.396 e. The van der Waals surface area contributed by atoms with Crippen molar-refractivity contribution in [2.24, 2.45) is 11.3 Å². The van der Waals surface area contributed by atoms with Gasteiger partial charge in [-0.1, -0.05) is 40.5 Å². The minimum atomic E-state index is 0.149. The molecule has 0 bridgehead atoms. The Kier molecular flexibility index (Phi) is 4.74. The molecule has 0 aliphatic carbocycles. The number of unbranched alkanes of at least 4 members (excludes halogenated alkanes) is 1. The molecule has 11 heavy (non-hydrogen) atoms. The summed E-state index contributed by atoms with van der Waals surface area (Å²) in [6.45, 7) is 9.06. The maximum absolute atomic E-state index is 9.18. The van der Waals surface area contributed by atoms with Gasteiger partial charge in [0, 0.05) is 6.61 Å². The van der Waals surface area contributed by atoms with Gasteiger partial charge < -0.3 is 5.11 Å². The zero-order valence-corrected chi connectivity index (χ0v) is 8.35. The van der Waals surface area contributed by atoms with E-state index >= 15 is 0 Å². The van der Waals surface area contributed by atoms with Gasteiger partial charge in [0.05, 0.1) is 0 Å². The zero-order chi connectivity index (χ0) is 8.91. The van der Waals surface area contributed by atoms with E-state index in [1.165, 1.54) is 12.8 Å². The summed E-state index contributed by atoms with van der Waals surface area (Å²) in [6.07, 6.45) is 3.61. The standard InChI is InChI=1S/C10H22O/c1-5-6-7-10(4,8-11)9(2)3/h9,11H,5-8H2,1-4H3. The lowest BCUT2D eigenvalue weighted by molar-refractivity contribution is 0.0831. The lowest BCUT2D eigenvalue weighted by atomic mass is 9.76. The predicted molar refractivity (Wildman–Crippen MR) is 49.6 cm³/mol. The summed E-state index contributed by atoms with van der Waals surface area (Å²) in [4.78, 5) is 0. The van der Waals surface area contributed by atoms with E-state index in [1.54, 1.807) is 0 Å². The average Bonchev–Trinajstić information content (AvgIpc) is 2.00. The molecule has 0 heterocycles. The minimum absolute atomic E-state index is 0.149. The van der Waals surface area contributed by atoms with Crippen LogP contribution in [0.25, 0.3) is 0 Å². The Balaban J connectivity index is 3.88. The van der Waals surface area contributed by atoms with Crippen molar-refractivity contribution in [1.82, 2.24) is 0 Å². The summed E-state index contributed by atoms with van der Waals surface area (Å²) in [6, 6.07) is 0. The molecule has 1 heteroatoms. The van der Waals surface area contributed by atoms with Gasteiger partial charge >= 0.3 is 0 Å². The second-order valence-corrected chi connectivity index (χ2v) is 4.07.